The largest absolute Gasteiger partial charge is 0.508 e. The molecule has 130 valence electrons. The molecule has 3 rings (SSSR count). The molecule has 5 nitrogen and oxygen atoms in total. The van der Waals surface area contributed by atoms with Crippen molar-refractivity contribution in [1.82, 2.24) is 4.98 Å². The fraction of sp³-hybridized carbons (Fsp3) is 0.150. The second kappa shape index (κ2) is 9.42. The lowest BCUT2D eigenvalue weighted by Crippen LogP contribution is -1.89. The van der Waals surface area contributed by atoms with Gasteiger partial charge in [0.05, 0.1) is 13.2 Å². The number of phenolic OH excluding ortho intramolecular Hbond substituents is 1. The van der Waals surface area contributed by atoms with E-state index in [9.17, 15) is 0 Å². The van der Waals surface area contributed by atoms with Crippen LogP contribution < -0.4 is 4.74 Å². The molecule has 1 heterocycles. The Balaban J connectivity index is 0.000000212. The molecule has 3 aromatic rings. The Labute approximate surface area is 146 Å². The summed E-state index contributed by atoms with van der Waals surface area (Å²) < 4.78 is 5.55. The molecule has 0 saturated heterocycles. The van der Waals surface area contributed by atoms with Gasteiger partial charge in [0.15, 0.2) is 0 Å². The minimum atomic E-state index is -0.0194. The lowest BCUT2D eigenvalue weighted by atomic mass is 10.2. The van der Waals surface area contributed by atoms with Gasteiger partial charge in [-0.2, -0.15) is 0 Å². The van der Waals surface area contributed by atoms with Gasteiger partial charge in [-0.05, 0) is 47.9 Å². The van der Waals surface area contributed by atoms with Gasteiger partial charge in [0.25, 0.3) is 0 Å². The van der Waals surface area contributed by atoms with Crippen LogP contribution in [0.2, 0.25) is 0 Å². The van der Waals surface area contributed by atoms with Gasteiger partial charge in [0.2, 0.25) is 5.88 Å². The van der Waals surface area contributed by atoms with Gasteiger partial charge in [-0.15, -0.1) is 0 Å². The van der Waals surface area contributed by atoms with Crippen molar-refractivity contribution in [2.45, 2.75) is 20.1 Å². The molecule has 3 N–H and O–H groups in total. The summed E-state index contributed by atoms with van der Waals surface area (Å²) >= 11 is 0. The van der Waals surface area contributed by atoms with Crippen LogP contribution in [0.5, 0.6) is 17.4 Å². The van der Waals surface area contributed by atoms with Crippen molar-refractivity contribution in [1.29, 1.82) is 0 Å². The summed E-state index contributed by atoms with van der Waals surface area (Å²) in [6, 6.07) is 17.6. The molecular weight excluding hydrogens is 318 g/mol. The average molecular weight is 339 g/mol. The highest BCUT2D eigenvalue weighted by Crippen LogP contribution is 2.20. The first-order chi connectivity index (χ1) is 12.1. The average Bonchev–Trinajstić information content (AvgIpc) is 2.64. The highest BCUT2D eigenvalue weighted by Gasteiger charge is 1.99. The number of benzene rings is 2. The summed E-state index contributed by atoms with van der Waals surface area (Å²) in [7, 11) is 0. The first kappa shape index (κ1) is 18.4. The number of aryl methyl sites for hydroxylation is 1. The van der Waals surface area contributed by atoms with Crippen LogP contribution in [0, 0.1) is 6.92 Å². The van der Waals surface area contributed by atoms with E-state index in [0.717, 1.165) is 16.7 Å². The number of nitrogens with zero attached hydrogens (tertiary/aromatic N) is 1. The molecule has 25 heavy (non-hydrogen) atoms. The zero-order valence-corrected chi connectivity index (χ0v) is 14.0. The second-order valence-corrected chi connectivity index (χ2v) is 5.41. The molecule has 2 aromatic carbocycles. The zero-order valence-electron chi connectivity index (χ0n) is 14.0. The van der Waals surface area contributed by atoms with Gasteiger partial charge in [0, 0.05) is 12.3 Å². The number of aromatic nitrogens is 1. The predicted octanol–water partition coefficient (Wildman–Crippen LogP) is 3.56. The quantitative estimate of drug-likeness (QED) is 0.677. The zero-order chi connectivity index (χ0) is 18.1. The lowest BCUT2D eigenvalue weighted by Gasteiger charge is -2.05. The summed E-state index contributed by atoms with van der Waals surface area (Å²) in [4.78, 5) is 4.14. The number of phenols is 1. The number of hydrogen-bond donors (Lipinski definition) is 3. The SMILES string of the molecule is Cc1ccc(Oc2cccc(CO)c2)nc1.OCc1cccc(O)c1. The first-order valence-electron chi connectivity index (χ1n) is 7.80. The van der Waals surface area contributed by atoms with E-state index in [1.165, 1.54) is 6.07 Å². The predicted molar refractivity (Wildman–Crippen MR) is 95.4 cm³/mol. The molecule has 0 aliphatic carbocycles. The van der Waals surface area contributed by atoms with E-state index in [4.69, 9.17) is 20.1 Å². The molecule has 0 fully saturated rings. The third kappa shape index (κ3) is 6.25. The van der Waals surface area contributed by atoms with Gasteiger partial charge < -0.3 is 20.1 Å². The van der Waals surface area contributed by atoms with Gasteiger partial charge in [-0.1, -0.05) is 30.3 Å². The molecule has 1 aromatic heterocycles. The number of hydrogen-bond acceptors (Lipinski definition) is 5. The van der Waals surface area contributed by atoms with Crippen LogP contribution in [-0.4, -0.2) is 20.3 Å². The van der Waals surface area contributed by atoms with Gasteiger partial charge in [-0.25, -0.2) is 4.98 Å². The fourth-order valence-corrected chi connectivity index (χ4v) is 2.00. The Kier molecular flexibility index (Phi) is 6.95. The van der Waals surface area contributed by atoms with Crippen molar-refractivity contribution < 1.29 is 20.1 Å². The highest BCUT2D eigenvalue weighted by molar-refractivity contribution is 5.31. The van der Waals surface area contributed by atoms with Crippen LogP contribution in [0.4, 0.5) is 0 Å². The number of aliphatic hydroxyl groups is 2. The maximum absolute atomic E-state index is 8.99. The molecule has 0 atom stereocenters. The van der Waals surface area contributed by atoms with Gasteiger partial charge in [0.1, 0.15) is 11.5 Å². The van der Waals surface area contributed by atoms with Crippen LogP contribution in [0.1, 0.15) is 16.7 Å². The molecule has 0 radical (unpaired) electrons. The normalized spacial score (nSPS) is 9.88. The molecule has 0 bridgehead atoms. The Morgan fingerprint density at radius 1 is 0.880 bits per heavy atom. The maximum Gasteiger partial charge on any atom is 0.219 e. The second-order valence-electron chi connectivity index (χ2n) is 5.41. The van der Waals surface area contributed by atoms with Crippen molar-refractivity contribution >= 4 is 0 Å². The topological polar surface area (TPSA) is 82.8 Å². The molecule has 0 unspecified atom stereocenters. The maximum atomic E-state index is 8.99. The van der Waals surface area contributed by atoms with E-state index in [1.807, 2.05) is 37.3 Å². The van der Waals surface area contributed by atoms with Crippen LogP contribution in [-0.2, 0) is 13.2 Å². The van der Waals surface area contributed by atoms with Crippen molar-refractivity contribution in [3.05, 3.63) is 83.6 Å². The van der Waals surface area contributed by atoms with Crippen LogP contribution in [0.15, 0.2) is 66.9 Å². The first-order valence-corrected chi connectivity index (χ1v) is 7.80. The number of pyridine rings is 1. The van der Waals surface area contributed by atoms with Gasteiger partial charge >= 0.3 is 0 Å². The van der Waals surface area contributed by atoms with Crippen molar-refractivity contribution in [3.63, 3.8) is 0 Å². The fourth-order valence-electron chi connectivity index (χ4n) is 2.00. The third-order valence-corrected chi connectivity index (χ3v) is 3.28. The molecule has 0 aliphatic rings. The van der Waals surface area contributed by atoms with Crippen molar-refractivity contribution in [2.24, 2.45) is 0 Å². The molecular formula is C20H21NO4. The Hall–Kier alpha value is -2.89. The highest BCUT2D eigenvalue weighted by atomic mass is 16.5. The van der Waals surface area contributed by atoms with Crippen molar-refractivity contribution in [3.8, 4) is 17.4 Å². The minimum Gasteiger partial charge on any atom is -0.508 e. The van der Waals surface area contributed by atoms with Gasteiger partial charge in [-0.3, -0.25) is 0 Å². The van der Waals surface area contributed by atoms with Crippen LogP contribution in [0.3, 0.4) is 0 Å². The molecule has 5 heteroatoms. The van der Waals surface area contributed by atoms with E-state index in [0.29, 0.717) is 11.6 Å². The Morgan fingerprint density at radius 3 is 2.12 bits per heavy atom. The van der Waals surface area contributed by atoms with E-state index in [2.05, 4.69) is 4.98 Å². The molecule has 0 aliphatic heterocycles. The summed E-state index contributed by atoms with van der Waals surface area (Å²) in [6.07, 6.45) is 1.76. The van der Waals surface area contributed by atoms with Crippen molar-refractivity contribution in [2.75, 3.05) is 0 Å². The molecule has 0 amide bonds. The standard InChI is InChI=1S/C13H13NO2.C7H8O2/c1-10-5-6-13(14-8-10)16-12-4-2-3-11(7-12)9-15;8-5-6-2-1-3-7(9)4-6/h2-8,15H,9H2,1H3;1-4,8-9H,5H2. The Morgan fingerprint density at radius 2 is 1.56 bits per heavy atom. The third-order valence-electron chi connectivity index (χ3n) is 3.28. The summed E-state index contributed by atoms with van der Waals surface area (Å²) in [5.41, 5.74) is 2.65. The summed E-state index contributed by atoms with van der Waals surface area (Å²) in [6.45, 7) is 1.97. The van der Waals surface area contributed by atoms with E-state index >= 15 is 0 Å². The van der Waals surface area contributed by atoms with Crippen LogP contribution >= 0.6 is 0 Å². The number of rotatable bonds is 4. The molecule has 0 saturated carbocycles. The van der Waals surface area contributed by atoms with E-state index in [-0.39, 0.29) is 19.0 Å². The summed E-state index contributed by atoms with van der Waals surface area (Å²) in [5.74, 6) is 1.44. The number of aromatic hydroxyl groups is 1. The Bertz CT molecular complexity index is 788. The summed E-state index contributed by atoms with van der Waals surface area (Å²) in [5, 5.41) is 26.4. The van der Waals surface area contributed by atoms with E-state index in [1.54, 1.807) is 30.5 Å². The van der Waals surface area contributed by atoms with E-state index < -0.39 is 0 Å². The number of ether oxygens (including phenoxy) is 1. The molecule has 0 spiro atoms. The smallest absolute Gasteiger partial charge is 0.219 e. The number of aliphatic hydroxyl groups excluding tert-OH is 2. The monoisotopic (exact) mass is 339 g/mol. The lowest BCUT2D eigenvalue weighted by molar-refractivity contribution is 0.281. The van der Waals surface area contributed by atoms with Crippen LogP contribution in [0.25, 0.3) is 0 Å². The minimum absolute atomic E-state index is 0.0124.